The SMILES string of the molecule is C[C@H]1CCCC[C@@H]1NC(=S)NCCSc1ccccc1. The molecule has 1 aliphatic carbocycles. The largest absolute Gasteiger partial charge is 0.362 e. The quantitative estimate of drug-likeness (QED) is 0.490. The van der Waals surface area contributed by atoms with Crippen molar-refractivity contribution in [1.82, 2.24) is 10.6 Å². The van der Waals surface area contributed by atoms with Gasteiger partial charge in [0.2, 0.25) is 0 Å². The minimum atomic E-state index is 0.561. The first-order chi connectivity index (χ1) is 9.75. The molecular weight excluding hydrogens is 284 g/mol. The highest BCUT2D eigenvalue weighted by Gasteiger charge is 2.21. The fraction of sp³-hybridized carbons (Fsp3) is 0.562. The van der Waals surface area contributed by atoms with E-state index in [-0.39, 0.29) is 0 Å². The van der Waals surface area contributed by atoms with Crippen LogP contribution in [0.5, 0.6) is 0 Å². The van der Waals surface area contributed by atoms with Gasteiger partial charge in [0.05, 0.1) is 0 Å². The first-order valence-electron chi connectivity index (χ1n) is 7.48. The number of rotatable bonds is 5. The molecule has 1 fully saturated rings. The number of hydrogen-bond acceptors (Lipinski definition) is 2. The fourth-order valence-electron chi connectivity index (χ4n) is 2.60. The molecular formula is C16H24N2S2. The summed E-state index contributed by atoms with van der Waals surface area (Å²) in [5, 5.41) is 7.62. The van der Waals surface area contributed by atoms with Crippen molar-refractivity contribution in [2.24, 2.45) is 5.92 Å². The summed E-state index contributed by atoms with van der Waals surface area (Å²) in [4.78, 5) is 1.31. The summed E-state index contributed by atoms with van der Waals surface area (Å²) in [5.41, 5.74) is 0. The minimum Gasteiger partial charge on any atom is -0.362 e. The predicted octanol–water partition coefficient (Wildman–Crippen LogP) is 3.82. The van der Waals surface area contributed by atoms with Crippen LogP contribution in [-0.4, -0.2) is 23.5 Å². The lowest BCUT2D eigenvalue weighted by atomic mass is 9.86. The highest BCUT2D eigenvalue weighted by molar-refractivity contribution is 7.99. The fourth-order valence-corrected chi connectivity index (χ4v) is 3.64. The van der Waals surface area contributed by atoms with E-state index in [4.69, 9.17) is 12.2 Å². The zero-order chi connectivity index (χ0) is 14.2. The Kier molecular flexibility index (Phi) is 6.67. The van der Waals surface area contributed by atoms with Crippen LogP contribution in [0.25, 0.3) is 0 Å². The van der Waals surface area contributed by atoms with Gasteiger partial charge in [0.15, 0.2) is 5.11 Å². The Hall–Kier alpha value is -0.740. The molecule has 2 atom stereocenters. The van der Waals surface area contributed by atoms with Gasteiger partial charge in [-0.15, -0.1) is 11.8 Å². The third kappa shape index (κ3) is 5.33. The summed E-state index contributed by atoms with van der Waals surface area (Å²) in [5.74, 6) is 1.77. The van der Waals surface area contributed by atoms with Gasteiger partial charge in [0.1, 0.15) is 0 Å². The zero-order valence-corrected chi connectivity index (χ0v) is 13.7. The van der Waals surface area contributed by atoms with Crippen molar-refractivity contribution >= 4 is 29.1 Å². The van der Waals surface area contributed by atoms with Gasteiger partial charge in [-0.25, -0.2) is 0 Å². The molecule has 2 N–H and O–H groups in total. The summed E-state index contributed by atoms with van der Waals surface area (Å²) in [6.07, 6.45) is 5.27. The van der Waals surface area contributed by atoms with Crippen molar-refractivity contribution in [2.75, 3.05) is 12.3 Å². The van der Waals surface area contributed by atoms with Crippen LogP contribution in [0.2, 0.25) is 0 Å². The first-order valence-corrected chi connectivity index (χ1v) is 8.87. The van der Waals surface area contributed by atoms with E-state index in [1.807, 2.05) is 17.8 Å². The van der Waals surface area contributed by atoms with E-state index >= 15 is 0 Å². The molecule has 1 aliphatic rings. The van der Waals surface area contributed by atoms with E-state index in [0.29, 0.717) is 6.04 Å². The van der Waals surface area contributed by atoms with Gasteiger partial charge >= 0.3 is 0 Å². The molecule has 0 amide bonds. The monoisotopic (exact) mass is 308 g/mol. The molecule has 0 heterocycles. The topological polar surface area (TPSA) is 24.1 Å². The van der Waals surface area contributed by atoms with Gasteiger partial charge in [-0.3, -0.25) is 0 Å². The van der Waals surface area contributed by atoms with Crippen molar-refractivity contribution in [3.05, 3.63) is 30.3 Å². The Morgan fingerprint density at radius 1 is 1.25 bits per heavy atom. The average molecular weight is 309 g/mol. The molecule has 20 heavy (non-hydrogen) atoms. The van der Waals surface area contributed by atoms with Crippen LogP contribution in [0.1, 0.15) is 32.6 Å². The summed E-state index contributed by atoms with van der Waals surface area (Å²) >= 11 is 7.25. The summed E-state index contributed by atoms with van der Waals surface area (Å²) in [6.45, 7) is 3.23. The van der Waals surface area contributed by atoms with Crippen molar-refractivity contribution < 1.29 is 0 Å². The smallest absolute Gasteiger partial charge is 0.166 e. The molecule has 0 aromatic heterocycles. The Labute approximate surface area is 132 Å². The lowest BCUT2D eigenvalue weighted by molar-refractivity contribution is 0.308. The standard InChI is InChI=1S/C16H24N2S2/c1-13-7-5-6-10-15(13)18-16(19)17-11-12-20-14-8-3-2-4-9-14/h2-4,8-9,13,15H,5-7,10-12H2,1H3,(H2,17,18,19)/t13-,15-/m0/s1. The van der Waals surface area contributed by atoms with E-state index in [1.165, 1.54) is 30.6 Å². The molecule has 2 rings (SSSR count). The molecule has 110 valence electrons. The van der Waals surface area contributed by atoms with Crippen LogP contribution >= 0.6 is 24.0 Å². The number of thioether (sulfide) groups is 1. The minimum absolute atomic E-state index is 0.561. The zero-order valence-electron chi connectivity index (χ0n) is 12.1. The van der Waals surface area contributed by atoms with Crippen LogP contribution in [0.3, 0.4) is 0 Å². The van der Waals surface area contributed by atoms with Gasteiger partial charge in [-0.1, -0.05) is 38.0 Å². The maximum absolute atomic E-state index is 5.39. The molecule has 2 nitrogen and oxygen atoms in total. The number of nitrogens with one attached hydrogen (secondary N) is 2. The third-order valence-electron chi connectivity index (χ3n) is 3.83. The first kappa shape index (κ1) is 15.6. The molecule has 0 saturated heterocycles. The van der Waals surface area contributed by atoms with E-state index in [2.05, 4.69) is 41.8 Å². The summed E-state index contributed by atoms with van der Waals surface area (Å²) in [6, 6.07) is 11.0. The normalized spacial score (nSPS) is 22.2. The molecule has 1 saturated carbocycles. The highest BCUT2D eigenvalue weighted by atomic mass is 32.2. The predicted molar refractivity (Wildman–Crippen MR) is 92.3 cm³/mol. The number of hydrogen-bond donors (Lipinski definition) is 2. The molecule has 0 aliphatic heterocycles. The van der Waals surface area contributed by atoms with Gasteiger partial charge in [-0.05, 0) is 43.1 Å². The summed E-state index contributed by atoms with van der Waals surface area (Å²) in [7, 11) is 0. The van der Waals surface area contributed by atoms with Crippen LogP contribution < -0.4 is 10.6 Å². The molecule has 0 spiro atoms. The van der Waals surface area contributed by atoms with Crippen molar-refractivity contribution in [3.63, 3.8) is 0 Å². The highest BCUT2D eigenvalue weighted by Crippen LogP contribution is 2.23. The molecule has 0 unspecified atom stereocenters. The maximum Gasteiger partial charge on any atom is 0.166 e. The van der Waals surface area contributed by atoms with E-state index < -0.39 is 0 Å². The van der Waals surface area contributed by atoms with Gasteiger partial charge < -0.3 is 10.6 Å². The van der Waals surface area contributed by atoms with Gasteiger partial charge in [-0.2, -0.15) is 0 Å². The molecule has 0 bridgehead atoms. The molecule has 1 aromatic rings. The lowest BCUT2D eigenvalue weighted by Gasteiger charge is -2.30. The van der Waals surface area contributed by atoms with Crippen LogP contribution in [-0.2, 0) is 0 Å². The van der Waals surface area contributed by atoms with Gasteiger partial charge in [0.25, 0.3) is 0 Å². The summed E-state index contributed by atoms with van der Waals surface area (Å²) < 4.78 is 0. The van der Waals surface area contributed by atoms with Crippen molar-refractivity contribution in [3.8, 4) is 0 Å². The lowest BCUT2D eigenvalue weighted by Crippen LogP contribution is -2.46. The van der Waals surface area contributed by atoms with Crippen LogP contribution in [0, 0.1) is 5.92 Å². The second kappa shape index (κ2) is 8.53. The van der Waals surface area contributed by atoms with Crippen LogP contribution in [0.4, 0.5) is 0 Å². The van der Waals surface area contributed by atoms with Crippen molar-refractivity contribution in [1.29, 1.82) is 0 Å². The number of benzene rings is 1. The Bertz CT molecular complexity index is 408. The Balaban J connectivity index is 1.60. The second-order valence-corrected chi connectivity index (χ2v) is 7.01. The van der Waals surface area contributed by atoms with E-state index in [0.717, 1.165) is 23.3 Å². The van der Waals surface area contributed by atoms with Gasteiger partial charge in [0, 0.05) is 23.2 Å². The number of thiocarbonyl (C=S) groups is 1. The van der Waals surface area contributed by atoms with E-state index in [1.54, 1.807) is 0 Å². The van der Waals surface area contributed by atoms with Crippen molar-refractivity contribution in [2.45, 2.75) is 43.5 Å². The third-order valence-corrected chi connectivity index (χ3v) is 5.10. The Morgan fingerprint density at radius 2 is 2.00 bits per heavy atom. The molecule has 0 radical (unpaired) electrons. The maximum atomic E-state index is 5.39. The Morgan fingerprint density at radius 3 is 2.75 bits per heavy atom. The second-order valence-electron chi connectivity index (χ2n) is 5.43. The van der Waals surface area contributed by atoms with Crippen LogP contribution in [0.15, 0.2) is 35.2 Å². The molecule has 4 heteroatoms. The van der Waals surface area contributed by atoms with E-state index in [9.17, 15) is 0 Å². The average Bonchev–Trinajstić information content (AvgIpc) is 2.47. The molecule has 1 aromatic carbocycles.